The van der Waals surface area contributed by atoms with Gasteiger partial charge >= 0.3 is 0 Å². The predicted molar refractivity (Wildman–Crippen MR) is 134 cm³/mol. The smallest absolute Gasteiger partial charge is 0.255 e. The van der Waals surface area contributed by atoms with Crippen LogP contribution in [-0.2, 0) is 0 Å². The fourth-order valence-corrected chi connectivity index (χ4v) is 4.74. The fraction of sp³-hybridized carbons (Fsp3) is 0.154. The lowest BCUT2D eigenvalue weighted by Crippen LogP contribution is -2.50. The molecule has 1 aliphatic heterocycles. The SMILES string of the molecule is O=C(c1ccc(NSc2cccc3cccnc23)cc1)N1CCN(C(=O)c2cncc(F)c2)CC1. The molecule has 35 heavy (non-hydrogen) atoms. The first-order chi connectivity index (χ1) is 17.1. The molecule has 0 saturated carbocycles. The van der Waals surface area contributed by atoms with Crippen molar-refractivity contribution in [3.05, 3.63) is 96.2 Å². The van der Waals surface area contributed by atoms with Crippen molar-refractivity contribution in [2.45, 2.75) is 4.90 Å². The number of para-hydroxylation sites is 1. The molecule has 0 aliphatic carbocycles. The number of nitrogens with one attached hydrogen (secondary N) is 1. The molecule has 9 heteroatoms. The van der Waals surface area contributed by atoms with E-state index in [1.54, 1.807) is 28.1 Å². The number of aromatic nitrogens is 2. The van der Waals surface area contributed by atoms with Crippen molar-refractivity contribution in [2.24, 2.45) is 0 Å². The van der Waals surface area contributed by atoms with E-state index < -0.39 is 5.82 Å². The minimum atomic E-state index is -0.546. The molecule has 0 atom stereocenters. The lowest BCUT2D eigenvalue weighted by molar-refractivity contribution is 0.0535. The number of halogens is 1. The number of hydrogen-bond donors (Lipinski definition) is 1. The Morgan fingerprint density at radius 1 is 0.857 bits per heavy atom. The molecule has 4 aromatic rings. The molecule has 3 heterocycles. The number of rotatable bonds is 5. The summed E-state index contributed by atoms with van der Waals surface area (Å²) in [5.41, 5.74) is 2.61. The second-order valence-corrected chi connectivity index (χ2v) is 8.94. The number of carbonyl (C=O) groups excluding carboxylic acids is 2. The Labute approximate surface area is 206 Å². The largest absolute Gasteiger partial charge is 0.335 e. The maximum absolute atomic E-state index is 13.4. The highest BCUT2D eigenvalue weighted by atomic mass is 32.2. The second kappa shape index (κ2) is 10.1. The Kier molecular flexibility index (Phi) is 6.58. The molecule has 176 valence electrons. The third-order valence-electron chi connectivity index (χ3n) is 5.81. The highest BCUT2D eigenvalue weighted by Gasteiger charge is 2.25. The maximum Gasteiger partial charge on any atom is 0.255 e. The van der Waals surface area contributed by atoms with Crippen molar-refractivity contribution in [3.63, 3.8) is 0 Å². The van der Waals surface area contributed by atoms with Gasteiger partial charge in [0.2, 0.25) is 0 Å². The van der Waals surface area contributed by atoms with Crippen LogP contribution in [0.3, 0.4) is 0 Å². The summed E-state index contributed by atoms with van der Waals surface area (Å²) < 4.78 is 16.7. The van der Waals surface area contributed by atoms with E-state index >= 15 is 0 Å². The van der Waals surface area contributed by atoms with Gasteiger partial charge in [0.25, 0.3) is 11.8 Å². The summed E-state index contributed by atoms with van der Waals surface area (Å²) in [4.78, 5) is 38.1. The minimum Gasteiger partial charge on any atom is -0.335 e. The molecule has 1 fully saturated rings. The van der Waals surface area contributed by atoms with E-state index in [1.165, 1.54) is 24.2 Å². The quantitative estimate of drug-likeness (QED) is 0.418. The third kappa shape index (κ3) is 5.09. The summed E-state index contributed by atoms with van der Waals surface area (Å²) in [6.07, 6.45) is 4.20. The van der Waals surface area contributed by atoms with Crippen molar-refractivity contribution in [1.29, 1.82) is 0 Å². The lowest BCUT2D eigenvalue weighted by atomic mass is 10.1. The molecule has 7 nitrogen and oxygen atoms in total. The summed E-state index contributed by atoms with van der Waals surface area (Å²) in [6, 6.07) is 18.5. The zero-order valence-electron chi connectivity index (χ0n) is 18.7. The van der Waals surface area contributed by atoms with Crippen LogP contribution in [0.25, 0.3) is 10.9 Å². The molecule has 1 saturated heterocycles. The van der Waals surface area contributed by atoms with E-state index in [4.69, 9.17) is 0 Å². The summed E-state index contributed by atoms with van der Waals surface area (Å²) >= 11 is 1.47. The average molecular weight is 488 g/mol. The molecule has 0 unspecified atom stereocenters. The monoisotopic (exact) mass is 487 g/mol. The number of hydrogen-bond acceptors (Lipinski definition) is 6. The summed E-state index contributed by atoms with van der Waals surface area (Å²) in [5.74, 6) is -0.907. The van der Waals surface area contributed by atoms with Crippen LogP contribution in [0.15, 0.2) is 84.1 Å². The highest BCUT2D eigenvalue weighted by Crippen LogP contribution is 2.27. The molecular weight excluding hydrogens is 465 g/mol. The van der Waals surface area contributed by atoms with Crippen molar-refractivity contribution in [1.82, 2.24) is 19.8 Å². The standard InChI is InChI=1S/C26H22FN5O2S/c27-21-15-20(16-28-17-21)26(34)32-13-11-31(12-14-32)25(33)19-6-8-22(9-7-19)30-35-23-5-1-3-18-4-2-10-29-24(18)23/h1-10,15-17,30H,11-14H2. The first-order valence-corrected chi connectivity index (χ1v) is 12.0. The Bertz CT molecular complexity index is 1370. The van der Waals surface area contributed by atoms with Gasteiger partial charge in [0.1, 0.15) is 5.82 Å². The van der Waals surface area contributed by atoms with Crippen molar-refractivity contribution < 1.29 is 14.0 Å². The first-order valence-electron chi connectivity index (χ1n) is 11.1. The number of piperazine rings is 1. The van der Waals surface area contributed by atoms with Crippen LogP contribution in [0.4, 0.5) is 10.1 Å². The van der Waals surface area contributed by atoms with Crippen LogP contribution in [0.2, 0.25) is 0 Å². The van der Waals surface area contributed by atoms with Gasteiger partial charge in [-0.05, 0) is 54.4 Å². The molecular formula is C26H22FN5O2S. The molecule has 1 aliphatic rings. The second-order valence-electron chi connectivity index (χ2n) is 8.09. The molecule has 1 N–H and O–H groups in total. The Morgan fingerprint density at radius 2 is 1.54 bits per heavy atom. The average Bonchev–Trinajstić information content (AvgIpc) is 2.91. The van der Waals surface area contributed by atoms with E-state index in [0.717, 1.165) is 27.7 Å². The zero-order valence-corrected chi connectivity index (χ0v) is 19.5. The van der Waals surface area contributed by atoms with E-state index in [1.807, 2.05) is 42.5 Å². The van der Waals surface area contributed by atoms with Crippen LogP contribution in [0, 0.1) is 5.82 Å². The number of amides is 2. The van der Waals surface area contributed by atoms with E-state index in [0.29, 0.717) is 31.7 Å². The van der Waals surface area contributed by atoms with E-state index in [9.17, 15) is 14.0 Å². The van der Waals surface area contributed by atoms with Crippen LogP contribution in [0.1, 0.15) is 20.7 Å². The molecule has 5 rings (SSSR count). The number of pyridine rings is 2. The molecule has 2 aromatic heterocycles. The van der Waals surface area contributed by atoms with Gasteiger partial charge in [0.15, 0.2) is 0 Å². The zero-order chi connectivity index (χ0) is 24.2. The molecule has 0 spiro atoms. The highest BCUT2D eigenvalue weighted by molar-refractivity contribution is 8.00. The third-order valence-corrected chi connectivity index (χ3v) is 6.70. The topological polar surface area (TPSA) is 78.4 Å². The number of anilines is 1. The lowest BCUT2D eigenvalue weighted by Gasteiger charge is -2.34. The minimum absolute atomic E-state index is 0.0815. The van der Waals surface area contributed by atoms with Crippen molar-refractivity contribution in [3.8, 4) is 0 Å². The number of carbonyl (C=O) groups is 2. The van der Waals surface area contributed by atoms with Crippen LogP contribution < -0.4 is 4.72 Å². The summed E-state index contributed by atoms with van der Waals surface area (Å²) in [5, 5.41) is 1.08. The van der Waals surface area contributed by atoms with Gasteiger partial charge in [-0.3, -0.25) is 19.6 Å². The van der Waals surface area contributed by atoms with Crippen LogP contribution in [0.5, 0.6) is 0 Å². The molecule has 0 bridgehead atoms. The Hall–Kier alpha value is -3.98. The van der Waals surface area contributed by atoms with Gasteiger partial charge in [-0.2, -0.15) is 0 Å². The predicted octanol–water partition coefficient (Wildman–Crippen LogP) is 4.49. The van der Waals surface area contributed by atoms with E-state index in [2.05, 4.69) is 14.7 Å². The van der Waals surface area contributed by atoms with Crippen LogP contribution in [-0.4, -0.2) is 57.8 Å². The van der Waals surface area contributed by atoms with Gasteiger partial charge in [-0.25, -0.2) is 4.39 Å². The normalized spacial score (nSPS) is 13.6. The Balaban J connectivity index is 1.17. The van der Waals surface area contributed by atoms with Gasteiger partial charge in [-0.1, -0.05) is 18.2 Å². The van der Waals surface area contributed by atoms with Gasteiger partial charge in [0.05, 0.1) is 22.2 Å². The fourth-order valence-electron chi connectivity index (χ4n) is 3.96. The van der Waals surface area contributed by atoms with E-state index in [-0.39, 0.29) is 17.4 Å². The molecule has 2 aromatic carbocycles. The van der Waals surface area contributed by atoms with Crippen molar-refractivity contribution in [2.75, 3.05) is 30.9 Å². The maximum atomic E-state index is 13.4. The number of benzene rings is 2. The summed E-state index contributed by atoms with van der Waals surface area (Å²) in [6.45, 7) is 1.60. The van der Waals surface area contributed by atoms with Gasteiger partial charge < -0.3 is 14.5 Å². The van der Waals surface area contributed by atoms with Gasteiger partial charge in [0, 0.05) is 55.2 Å². The number of fused-ring (bicyclic) bond motifs is 1. The molecule has 0 radical (unpaired) electrons. The Morgan fingerprint density at radius 3 is 2.26 bits per heavy atom. The van der Waals surface area contributed by atoms with Crippen molar-refractivity contribution >= 4 is 40.4 Å². The van der Waals surface area contributed by atoms with Gasteiger partial charge in [-0.15, -0.1) is 0 Å². The number of nitrogens with zero attached hydrogens (tertiary/aromatic N) is 4. The summed E-state index contributed by atoms with van der Waals surface area (Å²) in [7, 11) is 0. The molecule has 2 amide bonds. The van der Waals surface area contributed by atoms with Crippen LogP contribution >= 0.6 is 11.9 Å². The first kappa shape index (κ1) is 22.8.